The van der Waals surface area contributed by atoms with Gasteiger partial charge in [-0.05, 0) is 36.6 Å². The van der Waals surface area contributed by atoms with Crippen molar-refractivity contribution >= 4 is 15.9 Å². The normalized spacial score (nSPS) is 10.4. The molecule has 1 aromatic carbocycles. The van der Waals surface area contributed by atoms with Gasteiger partial charge in [0.15, 0.2) is 0 Å². The summed E-state index contributed by atoms with van der Waals surface area (Å²) < 4.78 is 1.11. The van der Waals surface area contributed by atoms with Crippen LogP contribution in [-0.2, 0) is 6.42 Å². The molecule has 3 heteroatoms. The van der Waals surface area contributed by atoms with Gasteiger partial charge in [-0.3, -0.25) is 5.32 Å². The first kappa shape index (κ1) is 10.7. The highest BCUT2D eigenvalue weighted by Gasteiger charge is 1.98. The van der Waals surface area contributed by atoms with E-state index in [2.05, 4.69) is 40.3 Å². The third kappa shape index (κ3) is 3.46. The zero-order chi connectivity index (χ0) is 9.68. The number of hydrogen-bond acceptors (Lipinski definition) is 2. The maximum Gasteiger partial charge on any atom is 0.0931 e. The molecule has 0 saturated heterocycles. The molecule has 2 nitrogen and oxygen atoms in total. The van der Waals surface area contributed by atoms with Crippen LogP contribution >= 0.6 is 15.9 Å². The van der Waals surface area contributed by atoms with Gasteiger partial charge in [-0.15, -0.1) is 0 Å². The molecule has 0 atom stereocenters. The van der Waals surface area contributed by atoms with E-state index in [4.69, 9.17) is 5.11 Å². The molecule has 0 radical (unpaired) electrons. The highest BCUT2D eigenvalue weighted by molar-refractivity contribution is 9.10. The number of nitrogens with one attached hydrogen (secondary N) is 1. The molecule has 13 heavy (non-hydrogen) atoms. The molecule has 0 aliphatic carbocycles. The van der Waals surface area contributed by atoms with E-state index < -0.39 is 0 Å². The van der Waals surface area contributed by atoms with Crippen molar-refractivity contribution in [1.29, 1.82) is 0 Å². The highest BCUT2D eigenvalue weighted by Crippen LogP contribution is 2.16. The van der Waals surface area contributed by atoms with E-state index in [-0.39, 0.29) is 6.73 Å². The number of benzene rings is 1. The second-order valence-corrected chi connectivity index (χ2v) is 3.89. The molecule has 0 heterocycles. The Hall–Kier alpha value is -0.380. The average molecular weight is 244 g/mol. The fourth-order valence-corrected chi connectivity index (χ4v) is 1.62. The molecule has 0 amide bonds. The van der Waals surface area contributed by atoms with Gasteiger partial charge in [0.2, 0.25) is 0 Å². The number of aliphatic hydroxyl groups excluding tert-OH is 1. The second kappa shape index (κ2) is 5.37. The first-order chi connectivity index (χ1) is 6.24. The van der Waals surface area contributed by atoms with Gasteiger partial charge in [-0.2, -0.15) is 0 Å². The molecule has 2 N–H and O–H groups in total. The summed E-state index contributed by atoms with van der Waals surface area (Å²) in [5.74, 6) is 0. The molecule has 0 unspecified atom stereocenters. The fraction of sp³-hybridized carbons (Fsp3) is 0.400. The Kier molecular flexibility index (Phi) is 4.42. The lowest BCUT2D eigenvalue weighted by Gasteiger charge is -2.06. The molecule has 72 valence electrons. The Morgan fingerprint density at radius 2 is 2.23 bits per heavy atom. The maximum atomic E-state index is 8.55. The molecule has 0 fully saturated rings. The topological polar surface area (TPSA) is 32.3 Å². The lowest BCUT2D eigenvalue weighted by Crippen LogP contribution is -2.18. The SMILES string of the molecule is Cc1ccc(Br)cc1CCNCO. The monoisotopic (exact) mass is 243 g/mol. The first-order valence-electron chi connectivity index (χ1n) is 4.30. The second-order valence-electron chi connectivity index (χ2n) is 2.98. The minimum Gasteiger partial charge on any atom is -0.381 e. The van der Waals surface area contributed by atoms with Crippen molar-refractivity contribution in [3.05, 3.63) is 33.8 Å². The molecule has 0 aliphatic heterocycles. The van der Waals surface area contributed by atoms with Crippen LogP contribution in [0.25, 0.3) is 0 Å². The smallest absolute Gasteiger partial charge is 0.0931 e. The number of hydrogen-bond donors (Lipinski definition) is 2. The minimum atomic E-state index is 0.0487. The Morgan fingerprint density at radius 3 is 2.92 bits per heavy atom. The van der Waals surface area contributed by atoms with Crippen molar-refractivity contribution < 1.29 is 5.11 Å². The Bertz CT molecular complexity index is 276. The molecular weight excluding hydrogens is 230 g/mol. The average Bonchev–Trinajstić information content (AvgIpc) is 2.11. The summed E-state index contributed by atoms with van der Waals surface area (Å²) in [7, 11) is 0. The van der Waals surface area contributed by atoms with Gasteiger partial charge in [0.05, 0.1) is 6.73 Å². The highest BCUT2D eigenvalue weighted by atomic mass is 79.9. The van der Waals surface area contributed by atoms with E-state index in [1.807, 2.05) is 6.07 Å². The third-order valence-corrected chi connectivity index (χ3v) is 2.49. The molecule has 0 saturated carbocycles. The van der Waals surface area contributed by atoms with Crippen molar-refractivity contribution in [2.24, 2.45) is 0 Å². The van der Waals surface area contributed by atoms with E-state index in [9.17, 15) is 0 Å². The summed E-state index contributed by atoms with van der Waals surface area (Å²) >= 11 is 3.44. The molecular formula is C10H14BrNO. The van der Waals surface area contributed by atoms with E-state index in [0.717, 1.165) is 17.4 Å². The van der Waals surface area contributed by atoms with Crippen LogP contribution in [0.3, 0.4) is 0 Å². The molecule has 0 aromatic heterocycles. The Morgan fingerprint density at radius 1 is 1.46 bits per heavy atom. The predicted molar refractivity (Wildman–Crippen MR) is 57.7 cm³/mol. The van der Waals surface area contributed by atoms with Crippen LogP contribution in [0.4, 0.5) is 0 Å². The number of halogens is 1. The summed E-state index contributed by atoms with van der Waals surface area (Å²) in [6, 6.07) is 6.26. The maximum absolute atomic E-state index is 8.55. The molecule has 1 rings (SSSR count). The molecule has 1 aromatic rings. The number of rotatable bonds is 4. The molecule has 0 bridgehead atoms. The zero-order valence-electron chi connectivity index (χ0n) is 7.68. The largest absolute Gasteiger partial charge is 0.381 e. The van der Waals surface area contributed by atoms with Crippen LogP contribution < -0.4 is 5.32 Å². The quantitative estimate of drug-likeness (QED) is 0.625. The van der Waals surface area contributed by atoms with Gasteiger partial charge in [0, 0.05) is 11.0 Å². The van der Waals surface area contributed by atoms with E-state index in [0.29, 0.717) is 0 Å². The van der Waals surface area contributed by atoms with Crippen molar-refractivity contribution in [1.82, 2.24) is 5.32 Å². The summed E-state index contributed by atoms with van der Waals surface area (Å²) in [6.45, 7) is 2.96. The van der Waals surface area contributed by atoms with Gasteiger partial charge in [0.25, 0.3) is 0 Å². The van der Waals surface area contributed by atoms with Crippen LogP contribution in [0.1, 0.15) is 11.1 Å². The third-order valence-electron chi connectivity index (χ3n) is 1.99. The van der Waals surface area contributed by atoms with Crippen LogP contribution in [0.15, 0.2) is 22.7 Å². The predicted octanol–water partition coefficient (Wildman–Crippen LogP) is 1.84. The molecule has 0 spiro atoms. The Balaban J connectivity index is 2.59. The summed E-state index contributed by atoms with van der Waals surface area (Å²) in [5.41, 5.74) is 2.61. The lowest BCUT2D eigenvalue weighted by atomic mass is 10.1. The van der Waals surface area contributed by atoms with Gasteiger partial charge < -0.3 is 5.11 Å². The number of aliphatic hydroxyl groups is 1. The minimum absolute atomic E-state index is 0.0487. The van der Waals surface area contributed by atoms with Crippen molar-refractivity contribution in [2.75, 3.05) is 13.3 Å². The van der Waals surface area contributed by atoms with Crippen molar-refractivity contribution in [3.8, 4) is 0 Å². The van der Waals surface area contributed by atoms with Crippen LogP contribution in [0.5, 0.6) is 0 Å². The van der Waals surface area contributed by atoms with Gasteiger partial charge in [-0.25, -0.2) is 0 Å². The molecule has 0 aliphatic rings. The summed E-state index contributed by atoms with van der Waals surface area (Å²) in [6.07, 6.45) is 0.950. The van der Waals surface area contributed by atoms with E-state index in [1.54, 1.807) is 0 Å². The zero-order valence-corrected chi connectivity index (χ0v) is 9.26. The van der Waals surface area contributed by atoms with Crippen LogP contribution in [0.2, 0.25) is 0 Å². The van der Waals surface area contributed by atoms with E-state index in [1.165, 1.54) is 11.1 Å². The first-order valence-corrected chi connectivity index (χ1v) is 5.10. The van der Waals surface area contributed by atoms with Gasteiger partial charge in [-0.1, -0.05) is 22.0 Å². The summed E-state index contributed by atoms with van der Waals surface area (Å²) in [5, 5.41) is 11.4. The van der Waals surface area contributed by atoms with Crippen LogP contribution in [-0.4, -0.2) is 18.4 Å². The van der Waals surface area contributed by atoms with Crippen molar-refractivity contribution in [2.45, 2.75) is 13.3 Å². The standard InChI is InChI=1S/C10H14BrNO/c1-8-2-3-10(11)6-9(8)4-5-12-7-13/h2-3,6,12-13H,4-5,7H2,1H3. The summed E-state index contributed by atoms with van der Waals surface area (Å²) in [4.78, 5) is 0. The van der Waals surface area contributed by atoms with Crippen LogP contribution in [0, 0.1) is 6.92 Å². The van der Waals surface area contributed by atoms with Crippen molar-refractivity contribution in [3.63, 3.8) is 0 Å². The van der Waals surface area contributed by atoms with Gasteiger partial charge >= 0.3 is 0 Å². The van der Waals surface area contributed by atoms with E-state index >= 15 is 0 Å². The van der Waals surface area contributed by atoms with Gasteiger partial charge in [0.1, 0.15) is 0 Å². The fourth-order valence-electron chi connectivity index (χ4n) is 1.21. The Labute approximate surface area is 87.1 Å². The number of aryl methyl sites for hydroxylation is 1. The lowest BCUT2D eigenvalue weighted by molar-refractivity contribution is 0.262.